The summed E-state index contributed by atoms with van der Waals surface area (Å²) in [5.74, 6) is -2.80. The zero-order valence-corrected chi connectivity index (χ0v) is 15.2. The highest BCUT2D eigenvalue weighted by Gasteiger charge is 2.13. The monoisotopic (exact) mass is 348 g/mol. The molecule has 0 aliphatic rings. The lowest BCUT2D eigenvalue weighted by Gasteiger charge is -2.16. The fourth-order valence-corrected chi connectivity index (χ4v) is 4.32. The molecule has 0 atom stereocenters. The highest BCUT2D eigenvalue weighted by atomic mass is 28.3. The van der Waals surface area contributed by atoms with Crippen molar-refractivity contribution in [1.29, 1.82) is 0 Å². The molecule has 6 heteroatoms. The molecule has 0 saturated heterocycles. The Balaban J connectivity index is 2.28. The van der Waals surface area contributed by atoms with Crippen LogP contribution in [0.25, 0.3) is 0 Å². The van der Waals surface area contributed by atoms with Gasteiger partial charge in [0.15, 0.2) is 11.6 Å². The van der Waals surface area contributed by atoms with Gasteiger partial charge in [-0.3, -0.25) is 0 Å². The van der Waals surface area contributed by atoms with Gasteiger partial charge in [-0.2, -0.15) is 0 Å². The van der Waals surface area contributed by atoms with E-state index in [1.165, 1.54) is 0 Å². The second-order valence-corrected chi connectivity index (χ2v) is 7.73. The maximum absolute atomic E-state index is 13.5. The summed E-state index contributed by atoms with van der Waals surface area (Å²) in [4.78, 5) is 0. The van der Waals surface area contributed by atoms with E-state index in [0.717, 1.165) is 57.4 Å². The van der Waals surface area contributed by atoms with Crippen molar-refractivity contribution in [2.45, 2.75) is 58.4 Å². The van der Waals surface area contributed by atoms with Gasteiger partial charge < -0.3 is 8.85 Å². The van der Waals surface area contributed by atoms with Crippen LogP contribution in [0, 0.1) is 17.5 Å². The van der Waals surface area contributed by atoms with E-state index in [1.54, 1.807) is 0 Å². The van der Waals surface area contributed by atoms with E-state index in [4.69, 9.17) is 8.85 Å². The van der Waals surface area contributed by atoms with Crippen molar-refractivity contribution in [2.24, 2.45) is 0 Å². The van der Waals surface area contributed by atoms with Crippen LogP contribution in [0.5, 0.6) is 0 Å². The minimum absolute atomic E-state index is 0.238. The number of unbranched alkanes of at least 4 members (excludes halogenated alkanes) is 2. The molecule has 0 aliphatic heterocycles. The van der Waals surface area contributed by atoms with Crippen LogP contribution in [0.2, 0.25) is 6.04 Å². The first kappa shape index (κ1) is 20.2. The average molecular weight is 348 g/mol. The van der Waals surface area contributed by atoms with Crippen molar-refractivity contribution in [3.63, 3.8) is 0 Å². The molecule has 0 radical (unpaired) electrons. The predicted octanol–water partition coefficient (Wildman–Crippen LogP) is 4.89. The smallest absolute Gasteiger partial charge is 0.321 e. The summed E-state index contributed by atoms with van der Waals surface area (Å²) in [6, 6.07) is 2.50. The summed E-state index contributed by atoms with van der Waals surface area (Å²) in [5.41, 5.74) is 0.238. The van der Waals surface area contributed by atoms with Gasteiger partial charge in [-0.15, -0.1) is 0 Å². The van der Waals surface area contributed by atoms with Gasteiger partial charge in [0.1, 0.15) is 5.82 Å². The van der Waals surface area contributed by atoms with E-state index in [9.17, 15) is 13.2 Å². The van der Waals surface area contributed by atoms with Crippen molar-refractivity contribution in [3.8, 4) is 0 Å². The molecule has 1 aromatic rings. The van der Waals surface area contributed by atoms with Crippen LogP contribution >= 0.6 is 0 Å². The van der Waals surface area contributed by atoms with Gasteiger partial charge in [-0.05, 0) is 43.4 Å². The molecular weight excluding hydrogens is 321 g/mol. The predicted molar refractivity (Wildman–Crippen MR) is 88.3 cm³/mol. The van der Waals surface area contributed by atoms with Crippen LogP contribution in [-0.4, -0.2) is 22.5 Å². The Kier molecular flexibility index (Phi) is 10.2. The van der Waals surface area contributed by atoms with Crippen LogP contribution in [0.15, 0.2) is 12.1 Å². The molecule has 0 N–H and O–H groups in total. The Bertz CT molecular complexity index is 450. The average Bonchev–Trinajstić information content (AvgIpc) is 2.53. The van der Waals surface area contributed by atoms with Gasteiger partial charge in [0.2, 0.25) is 0 Å². The molecule has 0 saturated carbocycles. The maximum atomic E-state index is 13.5. The Labute approximate surface area is 138 Å². The molecule has 0 aromatic heterocycles. The zero-order chi connectivity index (χ0) is 17.1. The third-order valence-corrected chi connectivity index (χ3v) is 5.59. The van der Waals surface area contributed by atoms with Crippen molar-refractivity contribution in [1.82, 2.24) is 0 Å². The lowest BCUT2D eigenvalue weighted by atomic mass is 10.1. The Morgan fingerprint density at radius 1 is 0.826 bits per heavy atom. The Morgan fingerprint density at radius 2 is 1.43 bits per heavy atom. The molecule has 0 unspecified atom stereocenters. The number of halogens is 3. The van der Waals surface area contributed by atoms with Crippen LogP contribution in [0.3, 0.4) is 0 Å². The van der Waals surface area contributed by atoms with Crippen molar-refractivity contribution in [3.05, 3.63) is 35.1 Å². The number of benzene rings is 1. The molecule has 0 aliphatic carbocycles. The van der Waals surface area contributed by atoms with Gasteiger partial charge in [0.25, 0.3) is 0 Å². The molecule has 0 bridgehead atoms. The largest absolute Gasteiger partial charge is 0.397 e. The summed E-state index contributed by atoms with van der Waals surface area (Å²) in [5, 5.41) is 0. The van der Waals surface area contributed by atoms with Gasteiger partial charge in [-0.1, -0.05) is 26.7 Å². The molecule has 0 amide bonds. The Hall–Kier alpha value is -0.853. The van der Waals surface area contributed by atoms with E-state index in [1.807, 2.05) is 0 Å². The van der Waals surface area contributed by atoms with Crippen LogP contribution in [0.1, 0.15) is 51.5 Å². The number of hydrogen-bond donors (Lipinski definition) is 0. The molecule has 132 valence electrons. The molecule has 0 heterocycles. The van der Waals surface area contributed by atoms with Gasteiger partial charge in [0.05, 0.1) is 0 Å². The van der Waals surface area contributed by atoms with Crippen molar-refractivity contribution >= 4 is 9.28 Å². The summed E-state index contributed by atoms with van der Waals surface area (Å²) in [7, 11) is -1.59. The van der Waals surface area contributed by atoms with E-state index in [-0.39, 0.29) is 5.56 Å². The molecule has 2 nitrogen and oxygen atoms in total. The summed E-state index contributed by atoms with van der Waals surface area (Å²) >= 11 is 0. The SMILES string of the molecule is CCCO[SiH](CCCCCc1cc(F)c(F)cc1F)OCCC. The second-order valence-electron chi connectivity index (χ2n) is 5.63. The number of aryl methyl sites for hydroxylation is 1. The lowest BCUT2D eigenvalue weighted by Crippen LogP contribution is -2.23. The minimum atomic E-state index is -1.59. The second kappa shape index (κ2) is 11.6. The fourth-order valence-electron chi connectivity index (χ4n) is 2.27. The first-order chi connectivity index (χ1) is 11.1. The molecule has 0 fully saturated rings. The normalized spacial score (nSPS) is 11.4. The van der Waals surface area contributed by atoms with E-state index in [0.29, 0.717) is 12.5 Å². The van der Waals surface area contributed by atoms with Crippen molar-refractivity contribution in [2.75, 3.05) is 13.2 Å². The Morgan fingerprint density at radius 3 is 2.04 bits per heavy atom. The zero-order valence-electron chi connectivity index (χ0n) is 14.0. The topological polar surface area (TPSA) is 18.5 Å². The minimum Gasteiger partial charge on any atom is -0.397 e. The third-order valence-electron chi connectivity index (χ3n) is 3.49. The molecule has 0 spiro atoms. The molecular formula is C17H27F3O2Si. The highest BCUT2D eigenvalue weighted by Crippen LogP contribution is 2.17. The van der Waals surface area contributed by atoms with Gasteiger partial charge in [-0.25, -0.2) is 13.2 Å². The lowest BCUT2D eigenvalue weighted by molar-refractivity contribution is 0.195. The number of hydrogen-bond acceptors (Lipinski definition) is 2. The first-order valence-electron chi connectivity index (χ1n) is 8.45. The maximum Gasteiger partial charge on any atom is 0.321 e. The van der Waals surface area contributed by atoms with Gasteiger partial charge in [0, 0.05) is 19.3 Å². The van der Waals surface area contributed by atoms with E-state index in [2.05, 4.69) is 13.8 Å². The molecule has 23 heavy (non-hydrogen) atoms. The summed E-state index contributed by atoms with van der Waals surface area (Å²) < 4.78 is 51.0. The third kappa shape index (κ3) is 7.99. The highest BCUT2D eigenvalue weighted by molar-refractivity contribution is 6.44. The van der Waals surface area contributed by atoms with Gasteiger partial charge >= 0.3 is 9.28 Å². The van der Waals surface area contributed by atoms with Crippen LogP contribution in [-0.2, 0) is 15.3 Å². The summed E-state index contributed by atoms with van der Waals surface area (Å²) in [6.45, 7) is 5.62. The van der Waals surface area contributed by atoms with Crippen LogP contribution in [0.4, 0.5) is 13.2 Å². The molecule has 1 aromatic carbocycles. The molecule has 1 rings (SSSR count). The van der Waals surface area contributed by atoms with Crippen molar-refractivity contribution < 1.29 is 22.0 Å². The fraction of sp³-hybridized carbons (Fsp3) is 0.647. The first-order valence-corrected chi connectivity index (χ1v) is 10.2. The van der Waals surface area contributed by atoms with E-state index >= 15 is 0 Å². The summed E-state index contributed by atoms with van der Waals surface area (Å²) in [6.07, 6.45) is 4.97. The quantitative estimate of drug-likeness (QED) is 0.304. The standard InChI is InChI=1S/C17H27F3O2Si/c1-3-9-21-23(22-10-4-2)11-7-5-6-8-14-12-16(19)17(20)13-15(14)18/h12-13,23H,3-11H2,1-2H3. The van der Waals surface area contributed by atoms with Crippen LogP contribution < -0.4 is 0 Å². The van der Waals surface area contributed by atoms with E-state index < -0.39 is 26.7 Å². The number of rotatable bonds is 12.